The maximum atomic E-state index is 11.9. The van der Waals surface area contributed by atoms with Crippen LogP contribution in [0.5, 0.6) is 5.75 Å². The maximum absolute atomic E-state index is 11.9. The van der Waals surface area contributed by atoms with Crippen LogP contribution in [0.15, 0.2) is 47.3 Å². The number of anilines is 2. The van der Waals surface area contributed by atoms with E-state index in [4.69, 9.17) is 4.74 Å². The Balaban J connectivity index is 1.18. The minimum absolute atomic E-state index is 0.0290. The van der Waals surface area contributed by atoms with E-state index in [9.17, 15) is 14.7 Å². The third kappa shape index (κ3) is 6.84. The molecule has 1 aliphatic heterocycles. The lowest BCUT2D eigenvalue weighted by Gasteiger charge is -2.34. The van der Waals surface area contributed by atoms with Crippen LogP contribution >= 0.6 is 0 Å². The van der Waals surface area contributed by atoms with E-state index in [-0.39, 0.29) is 18.2 Å². The van der Waals surface area contributed by atoms with E-state index in [1.165, 1.54) is 0 Å². The Kier molecular flexibility index (Phi) is 8.06. The van der Waals surface area contributed by atoms with Crippen LogP contribution in [0.1, 0.15) is 12.8 Å². The van der Waals surface area contributed by atoms with Gasteiger partial charge in [0.2, 0.25) is 5.91 Å². The number of carbonyl (C=O) groups is 1. The molecule has 1 atom stereocenters. The van der Waals surface area contributed by atoms with E-state index in [1.807, 2.05) is 43.3 Å². The van der Waals surface area contributed by atoms with Crippen molar-refractivity contribution in [3.63, 3.8) is 0 Å². The van der Waals surface area contributed by atoms with Crippen molar-refractivity contribution in [2.75, 3.05) is 57.1 Å². The van der Waals surface area contributed by atoms with Crippen molar-refractivity contribution in [1.82, 2.24) is 20.2 Å². The fourth-order valence-electron chi connectivity index (χ4n) is 4.28. The third-order valence-corrected chi connectivity index (χ3v) is 6.06. The lowest BCUT2D eigenvalue weighted by molar-refractivity contribution is -0.116. The molecule has 5 N–H and O–H groups in total. The van der Waals surface area contributed by atoms with Gasteiger partial charge in [0.25, 0.3) is 0 Å². The van der Waals surface area contributed by atoms with E-state index < -0.39 is 6.10 Å². The van der Waals surface area contributed by atoms with Gasteiger partial charge in [-0.1, -0.05) is 6.07 Å². The van der Waals surface area contributed by atoms with Crippen LogP contribution in [0.25, 0.3) is 11.0 Å². The molecule has 0 saturated carbocycles. The fraction of sp³-hybridized carbons (Fsp3) is 0.440. The van der Waals surface area contributed by atoms with Crippen LogP contribution in [0.4, 0.5) is 11.4 Å². The van der Waals surface area contributed by atoms with Gasteiger partial charge in [-0.25, -0.2) is 4.79 Å². The molecule has 2 aromatic carbocycles. The molecule has 0 spiro atoms. The summed E-state index contributed by atoms with van der Waals surface area (Å²) in [6.45, 7) is 2.76. The first-order chi connectivity index (χ1) is 16.9. The van der Waals surface area contributed by atoms with Gasteiger partial charge in [0, 0.05) is 37.1 Å². The number of benzene rings is 2. The lowest BCUT2D eigenvalue weighted by atomic mass is 10.0. The van der Waals surface area contributed by atoms with Gasteiger partial charge in [0.05, 0.1) is 12.1 Å². The molecule has 1 amide bonds. The van der Waals surface area contributed by atoms with Crippen molar-refractivity contribution in [2.24, 2.45) is 0 Å². The lowest BCUT2D eigenvalue weighted by Crippen LogP contribution is -2.45. The van der Waals surface area contributed by atoms with Crippen LogP contribution in [0, 0.1) is 0 Å². The molecule has 1 fully saturated rings. The van der Waals surface area contributed by atoms with Crippen LogP contribution < -0.4 is 26.0 Å². The number of aromatic amines is 2. The quantitative estimate of drug-likeness (QED) is 0.295. The summed E-state index contributed by atoms with van der Waals surface area (Å²) >= 11 is 0. The first-order valence-electron chi connectivity index (χ1n) is 11.9. The third-order valence-electron chi connectivity index (χ3n) is 6.06. The van der Waals surface area contributed by atoms with Crippen molar-refractivity contribution in [2.45, 2.75) is 25.0 Å². The number of aliphatic hydroxyl groups excluding tert-OH is 1. The number of amides is 1. The summed E-state index contributed by atoms with van der Waals surface area (Å²) in [6, 6.07) is 13.6. The molecule has 4 rings (SSSR count). The van der Waals surface area contributed by atoms with Gasteiger partial charge in [-0.05, 0) is 63.3 Å². The van der Waals surface area contributed by atoms with Crippen LogP contribution in [-0.4, -0.2) is 84.9 Å². The second-order valence-corrected chi connectivity index (χ2v) is 9.23. The molecule has 35 heavy (non-hydrogen) atoms. The molecule has 10 heteroatoms. The number of aliphatic hydroxyl groups is 1. The highest BCUT2D eigenvalue weighted by Crippen LogP contribution is 2.23. The number of ether oxygens (including phenoxy) is 1. The van der Waals surface area contributed by atoms with Crippen molar-refractivity contribution in [3.05, 3.63) is 52.9 Å². The number of carbonyl (C=O) groups excluding carboxylic acids is 1. The van der Waals surface area contributed by atoms with Gasteiger partial charge in [0.1, 0.15) is 24.0 Å². The SMILES string of the molecule is CN(C)CC(=O)Nc1ccc(N2CCC(NC[C@H](O)COc3cccc4[nH]c(=O)[nH]c34)CC2)cc1. The number of hydrogen-bond donors (Lipinski definition) is 5. The van der Waals surface area contributed by atoms with Crippen LogP contribution in [-0.2, 0) is 4.79 Å². The predicted molar refractivity (Wildman–Crippen MR) is 137 cm³/mol. The van der Waals surface area contributed by atoms with Crippen molar-refractivity contribution in [3.8, 4) is 5.75 Å². The number of H-pyrrole nitrogens is 2. The van der Waals surface area contributed by atoms with Crippen LogP contribution in [0.2, 0.25) is 0 Å². The minimum Gasteiger partial charge on any atom is -0.489 e. The molecular weight excluding hydrogens is 448 g/mol. The number of piperidine rings is 1. The van der Waals surface area contributed by atoms with Gasteiger partial charge in [-0.15, -0.1) is 0 Å². The average molecular weight is 483 g/mol. The van der Waals surface area contributed by atoms with Gasteiger partial charge in [0.15, 0.2) is 0 Å². The Morgan fingerprint density at radius 2 is 1.91 bits per heavy atom. The molecule has 2 heterocycles. The molecule has 3 aromatic rings. The van der Waals surface area contributed by atoms with Gasteiger partial charge in [-0.2, -0.15) is 0 Å². The summed E-state index contributed by atoms with van der Waals surface area (Å²) in [5, 5.41) is 16.7. The molecule has 10 nitrogen and oxygen atoms in total. The summed E-state index contributed by atoms with van der Waals surface area (Å²) in [6.07, 6.45) is 1.28. The Hall–Kier alpha value is -3.34. The number of rotatable bonds is 10. The summed E-state index contributed by atoms with van der Waals surface area (Å²) in [7, 11) is 3.73. The van der Waals surface area contributed by atoms with Crippen LogP contribution in [0.3, 0.4) is 0 Å². The van der Waals surface area contributed by atoms with E-state index in [0.717, 1.165) is 37.3 Å². The number of fused-ring (bicyclic) bond motifs is 1. The largest absolute Gasteiger partial charge is 0.489 e. The highest BCUT2D eigenvalue weighted by atomic mass is 16.5. The standard InChI is InChI=1S/C25H34N6O4/c1-30(2)15-23(33)27-18-6-8-19(9-7-18)31-12-10-17(11-13-31)26-14-20(32)16-35-22-5-3-4-21-24(22)29-25(34)28-21/h3-9,17,20,26,32H,10-16H2,1-2H3,(H,27,33)(H2,28,29,34)/t20-/m0/s1. The summed E-state index contributed by atoms with van der Waals surface area (Å²) in [5.41, 5.74) is 2.93. The Morgan fingerprint density at radius 3 is 2.63 bits per heavy atom. The Labute approximate surface area is 204 Å². The summed E-state index contributed by atoms with van der Waals surface area (Å²) in [5.74, 6) is 0.509. The van der Waals surface area contributed by atoms with Gasteiger partial charge in [-0.3, -0.25) is 4.79 Å². The van der Waals surface area contributed by atoms with E-state index in [0.29, 0.717) is 35.9 Å². The Morgan fingerprint density at radius 1 is 1.17 bits per heavy atom. The first kappa shape index (κ1) is 24.8. The molecule has 0 unspecified atom stereocenters. The molecule has 188 valence electrons. The topological polar surface area (TPSA) is 126 Å². The number of likely N-dealkylation sites (N-methyl/N-ethyl adjacent to an activating group) is 1. The number of para-hydroxylation sites is 1. The van der Waals surface area contributed by atoms with E-state index >= 15 is 0 Å². The summed E-state index contributed by atoms with van der Waals surface area (Å²) < 4.78 is 5.74. The molecule has 0 radical (unpaired) electrons. The second-order valence-electron chi connectivity index (χ2n) is 9.23. The first-order valence-corrected chi connectivity index (χ1v) is 11.9. The van der Waals surface area contributed by atoms with E-state index in [2.05, 4.69) is 25.5 Å². The zero-order valence-corrected chi connectivity index (χ0v) is 20.2. The van der Waals surface area contributed by atoms with Gasteiger partial charge >= 0.3 is 5.69 Å². The minimum atomic E-state index is -0.663. The predicted octanol–water partition coefficient (Wildman–Crippen LogP) is 1.35. The number of imidazole rings is 1. The average Bonchev–Trinajstić information content (AvgIpc) is 3.22. The monoisotopic (exact) mass is 482 g/mol. The fourth-order valence-corrected chi connectivity index (χ4v) is 4.28. The van der Waals surface area contributed by atoms with Crippen molar-refractivity contribution in [1.29, 1.82) is 0 Å². The van der Waals surface area contributed by atoms with Gasteiger partial charge < -0.3 is 40.2 Å². The van der Waals surface area contributed by atoms with Crippen molar-refractivity contribution >= 4 is 28.3 Å². The highest BCUT2D eigenvalue weighted by Gasteiger charge is 2.20. The molecular formula is C25H34N6O4. The molecule has 1 aromatic heterocycles. The highest BCUT2D eigenvalue weighted by molar-refractivity contribution is 5.92. The number of nitrogens with one attached hydrogen (secondary N) is 4. The number of hydrogen-bond acceptors (Lipinski definition) is 7. The Bertz CT molecular complexity index is 1160. The zero-order valence-electron chi connectivity index (χ0n) is 20.2. The summed E-state index contributed by atoms with van der Waals surface area (Å²) in [4.78, 5) is 33.0. The molecule has 1 aliphatic rings. The van der Waals surface area contributed by atoms with E-state index in [1.54, 1.807) is 18.2 Å². The smallest absolute Gasteiger partial charge is 0.323 e. The van der Waals surface area contributed by atoms with Crippen molar-refractivity contribution < 1.29 is 14.6 Å². The molecule has 0 bridgehead atoms. The normalized spacial score (nSPS) is 15.5. The second kappa shape index (κ2) is 11.4. The molecule has 1 saturated heterocycles. The number of aromatic nitrogens is 2. The maximum Gasteiger partial charge on any atom is 0.323 e. The zero-order chi connectivity index (χ0) is 24.8. The number of nitrogens with zero attached hydrogens (tertiary/aromatic N) is 2. The molecule has 0 aliphatic carbocycles.